The summed E-state index contributed by atoms with van der Waals surface area (Å²) >= 11 is 11.6. The van der Waals surface area contributed by atoms with Crippen molar-refractivity contribution >= 4 is 35.1 Å². The van der Waals surface area contributed by atoms with Gasteiger partial charge in [-0.3, -0.25) is 4.79 Å². The Bertz CT molecular complexity index is 480. The van der Waals surface area contributed by atoms with Gasteiger partial charge in [-0.25, -0.2) is 9.97 Å². The van der Waals surface area contributed by atoms with Crippen LogP contribution >= 0.6 is 23.2 Å². The average molecular weight is 318 g/mol. The Labute approximate surface area is 128 Å². The van der Waals surface area contributed by atoms with Crippen LogP contribution in [0.15, 0.2) is 11.8 Å². The predicted molar refractivity (Wildman–Crippen MR) is 79.5 cm³/mol. The minimum atomic E-state index is 0.154. The van der Waals surface area contributed by atoms with Crippen LogP contribution in [-0.4, -0.2) is 30.0 Å². The summed E-state index contributed by atoms with van der Waals surface area (Å²) in [6.45, 7) is 2.78. The molecule has 1 aromatic rings. The van der Waals surface area contributed by atoms with E-state index in [9.17, 15) is 4.79 Å². The molecule has 0 bridgehead atoms. The number of carbonyl (C=O) groups excluding carboxylic acids is 1. The molecule has 0 radical (unpaired) electrons. The van der Waals surface area contributed by atoms with Crippen molar-refractivity contribution in [1.29, 1.82) is 0 Å². The minimum Gasteiger partial charge on any atom is -0.396 e. The van der Waals surface area contributed by atoms with Crippen LogP contribution in [0.5, 0.6) is 0 Å². The molecule has 5 nitrogen and oxygen atoms in total. The van der Waals surface area contributed by atoms with E-state index in [0.717, 1.165) is 19.4 Å². The lowest BCUT2D eigenvalue weighted by atomic mass is 10.1. The number of carbonyl (C=O) groups is 1. The van der Waals surface area contributed by atoms with E-state index in [2.05, 4.69) is 14.7 Å². The molecule has 20 heavy (non-hydrogen) atoms. The second-order valence-electron chi connectivity index (χ2n) is 4.18. The van der Waals surface area contributed by atoms with E-state index in [4.69, 9.17) is 28.9 Å². The van der Waals surface area contributed by atoms with Crippen molar-refractivity contribution in [3.8, 4) is 0 Å². The van der Waals surface area contributed by atoms with E-state index in [1.54, 1.807) is 7.11 Å². The van der Waals surface area contributed by atoms with Crippen molar-refractivity contribution in [3.63, 3.8) is 0 Å². The molecule has 7 heteroatoms. The maximum absolute atomic E-state index is 10.7. The Morgan fingerprint density at radius 2 is 1.95 bits per heavy atom. The molecule has 2 rings (SSSR count). The molecule has 0 saturated heterocycles. The Hall–Kier alpha value is -1.17. The molecule has 1 heterocycles. The summed E-state index contributed by atoms with van der Waals surface area (Å²) in [7, 11) is 1.68. The van der Waals surface area contributed by atoms with Crippen LogP contribution in [0.4, 0.5) is 0 Å². The Morgan fingerprint density at radius 3 is 2.30 bits per heavy atom. The van der Waals surface area contributed by atoms with Crippen LogP contribution in [0.25, 0.3) is 5.57 Å². The van der Waals surface area contributed by atoms with E-state index in [0.29, 0.717) is 17.7 Å². The number of hydrogen-bond donors (Lipinski definition) is 1. The average Bonchev–Trinajstić information content (AvgIpc) is 3.22. The van der Waals surface area contributed by atoms with Gasteiger partial charge in [-0.2, -0.15) is 0 Å². The van der Waals surface area contributed by atoms with Gasteiger partial charge in [0.15, 0.2) is 12.1 Å². The number of nitrogens with two attached hydrogens (primary N) is 1. The molecule has 0 spiro atoms. The molecule has 0 amide bonds. The zero-order valence-corrected chi connectivity index (χ0v) is 12.9. The third kappa shape index (κ3) is 5.07. The van der Waals surface area contributed by atoms with Crippen LogP contribution in [0.2, 0.25) is 10.3 Å². The summed E-state index contributed by atoms with van der Waals surface area (Å²) < 4.78 is 4.54. The Balaban J connectivity index is 0.000000444. The zero-order valence-electron chi connectivity index (χ0n) is 11.4. The van der Waals surface area contributed by atoms with E-state index >= 15 is 0 Å². The molecule has 1 aliphatic rings. The number of aldehydes is 1. The van der Waals surface area contributed by atoms with Crippen LogP contribution in [0.3, 0.4) is 0 Å². The molecule has 1 saturated carbocycles. The predicted octanol–water partition coefficient (Wildman–Crippen LogP) is 2.71. The largest absolute Gasteiger partial charge is 0.396 e. The zero-order chi connectivity index (χ0) is 15.1. The van der Waals surface area contributed by atoms with Gasteiger partial charge in [0, 0.05) is 25.4 Å². The molecule has 0 aliphatic heterocycles. The van der Waals surface area contributed by atoms with E-state index in [1.807, 2.05) is 6.92 Å². The first-order valence-corrected chi connectivity index (χ1v) is 6.93. The van der Waals surface area contributed by atoms with Gasteiger partial charge >= 0.3 is 0 Å². The fourth-order valence-corrected chi connectivity index (χ4v) is 1.92. The molecule has 1 aromatic heterocycles. The van der Waals surface area contributed by atoms with Crippen LogP contribution in [0, 0.1) is 5.92 Å². The summed E-state index contributed by atoms with van der Waals surface area (Å²) in [4.78, 5) is 18.8. The highest BCUT2D eigenvalue weighted by Gasteiger charge is 2.31. The van der Waals surface area contributed by atoms with E-state index in [-0.39, 0.29) is 21.9 Å². The van der Waals surface area contributed by atoms with Gasteiger partial charge in [0.2, 0.25) is 0 Å². The molecule has 0 atom stereocenters. The smallest absolute Gasteiger partial charge is 0.166 e. The SMILES string of the molecule is CCOC.N/C(C=O)=C(\c1nc(Cl)cc(Cl)n1)C1CC1. The quantitative estimate of drug-likeness (QED) is 0.525. The van der Waals surface area contributed by atoms with Crippen molar-refractivity contribution in [2.24, 2.45) is 11.7 Å². The highest BCUT2D eigenvalue weighted by atomic mass is 35.5. The second-order valence-corrected chi connectivity index (χ2v) is 4.95. The summed E-state index contributed by atoms with van der Waals surface area (Å²) in [5, 5.41) is 0.485. The Morgan fingerprint density at radius 1 is 1.45 bits per heavy atom. The first kappa shape index (κ1) is 16.9. The molecule has 0 aromatic carbocycles. The molecular formula is C13H17Cl2N3O2. The third-order valence-electron chi connectivity index (χ3n) is 2.62. The normalized spacial score (nSPS) is 15.0. The summed E-state index contributed by atoms with van der Waals surface area (Å²) in [5.41, 5.74) is 6.44. The summed E-state index contributed by atoms with van der Waals surface area (Å²) in [6, 6.07) is 1.44. The maximum atomic E-state index is 10.7. The summed E-state index contributed by atoms with van der Waals surface area (Å²) in [6.07, 6.45) is 2.57. The number of hydrogen-bond acceptors (Lipinski definition) is 5. The lowest BCUT2D eigenvalue weighted by Crippen LogP contribution is -2.07. The van der Waals surface area contributed by atoms with Gasteiger partial charge in [0.1, 0.15) is 10.3 Å². The number of aromatic nitrogens is 2. The van der Waals surface area contributed by atoms with Crippen molar-refractivity contribution in [1.82, 2.24) is 9.97 Å². The Kier molecular flexibility index (Phi) is 6.91. The highest BCUT2D eigenvalue weighted by Crippen LogP contribution is 2.41. The number of allylic oxidation sites excluding steroid dienone is 2. The van der Waals surface area contributed by atoms with Gasteiger partial charge < -0.3 is 10.5 Å². The minimum absolute atomic E-state index is 0.154. The van der Waals surface area contributed by atoms with Gasteiger partial charge in [-0.05, 0) is 25.7 Å². The van der Waals surface area contributed by atoms with Crippen LogP contribution in [0.1, 0.15) is 25.6 Å². The maximum Gasteiger partial charge on any atom is 0.166 e. The molecule has 1 fully saturated rings. The standard InChI is InChI=1S/C10H9Cl2N3O.C3H8O/c11-7-3-8(12)15-10(14-7)9(5-1-2-5)6(13)4-16;1-3-4-2/h3-5H,1-2,13H2;3H2,1-2H3/b9-6-;. The number of methoxy groups -OCH3 is 1. The van der Waals surface area contributed by atoms with Gasteiger partial charge in [0.05, 0.1) is 5.70 Å². The van der Waals surface area contributed by atoms with Crippen molar-refractivity contribution in [2.45, 2.75) is 19.8 Å². The molecule has 110 valence electrons. The number of halogens is 2. The molecule has 0 unspecified atom stereocenters. The first-order chi connectivity index (χ1) is 9.53. The molecule has 1 aliphatic carbocycles. The topological polar surface area (TPSA) is 78.1 Å². The van der Waals surface area contributed by atoms with Crippen LogP contribution < -0.4 is 5.73 Å². The lowest BCUT2D eigenvalue weighted by Gasteiger charge is -2.06. The van der Waals surface area contributed by atoms with Gasteiger partial charge in [-0.15, -0.1) is 0 Å². The van der Waals surface area contributed by atoms with E-state index < -0.39 is 0 Å². The van der Waals surface area contributed by atoms with Crippen molar-refractivity contribution < 1.29 is 9.53 Å². The second kappa shape index (κ2) is 8.19. The number of ether oxygens (including phenoxy) is 1. The van der Waals surface area contributed by atoms with Crippen LogP contribution in [-0.2, 0) is 9.53 Å². The van der Waals surface area contributed by atoms with Crippen molar-refractivity contribution in [2.75, 3.05) is 13.7 Å². The first-order valence-electron chi connectivity index (χ1n) is 6.17. The number of rotatable bonds is 4. The summed E-state index contributed by atoms with van der Waals surface area (Å²) in [5.74, 6) is 0.601. The molecular weight excluding hydrogens is 301 g/mol. The molecule has 2 N–H and O–H groups in total. The van der Waals surface area contributed by atoms with Gasteiger partial charge in [-0.1, -0.05) is 23.2 Å². The highest BCUT2D eigenvalue weighted by molar-refractivity contribution is 6.33. The van der Waals surface area contributed by atoms with E-state index in [1.165, 1.54) is 6.07 Å². The van der Waals surface area contributed by atoms with Crippen molar-refractivity contribution in [3.05, 3.63) is 27.9 Å². The third-order valence-corrected chi connectivity index (χ3v) is 3.00. The number of nitrogens with zero attached hydrogens (tertiary/aromatic N) is 2. The fraction of sp³-hybridized carbons (Fsp3) is 0.462. The van der Waals surface area contributed by atoms with Gasteiger partial charge in [0.25, 0.3) is 0 Å². The fourth-order valence-electron chi connectivity index (χ4n) is 1.49. The monoisotopic (exact) mass is 317 g/mol. The lowest BCUT2D eigenvalue weighted by molar-refractivity contribution is -0.104.